The van der Waals surface area contributed by atoms with E-state index in [2.05, 4.69) is 0 Å². The van der Waals surface area contributed by atoms with Crippen molar-refractivity contribution < 1.29 is 17.9 Å². The lowest BCUT2D eigenvalue weighted by molar-refractivity contribution is 0.0400. The van der Waals surface area contributed by atoms with Crippen LogP contribution in [0.4, 0.5) is 10.5 Å². The SMILES string of the molecule is Cc1ccc(S(=O)(=O)N2CCN(C(=O)N3CCOCC3)C2c2ccc(N(C)C)cc2)cc1. The minimum absolute atomic E-state index is 0.156. The number of sulfonamides is 1. The summed E-state index contributed by atoms with van der Waals surface area (Å²) in [6.07, 6.45) is -0.701. The van der Waals surface area contributed by atoms with Crippen LogP contribution in [0, 0.1) is 6.92 Å². The van der Waals surface area contributed by atoms with Gasteiger partial charge in [0, 0.05) is 46.0 Å². The van der Waals surface area contributed by atoms with E-state index in [1.165, 1.54) is 4.31 Å². The lowest BCUT2D eigenvalue weighted by Crippen LogP contribution is -2.49. The first-order valence-corrected chi connectivity index (χ1v) is 12.2. The smallest absolute Gasteiger partial charge is 0.321 e. The van der Waals surface area contributed by atoms with Gasteiger partial charge in [0.15, 0.2) is 0 Å². The van der Waals surface area contributed by atoms with Crippen LogP contribution in [0.15, 0.2) is 53.4 Å². The van der Waals surface area contributed by atoms with Crippen molar-refractivity contribution in [2.45, 2.75) is 18.0 Å². The van der Waals surface area contributed by atoms with Crippen LogP contribution >= 0.6 is 0 Å². The Hall–Kier alpha value is -2.62. The van der Waals surface area contributed by atoms with E-state index in [-0.39, 0.29) is 17.5 Å². The molecular formula is C23H30N4O4S. The molecule has 0 aromatic heterocycles. The number of aryl methyl sites for hydroxylation is 1. The number of ether oxygens (including phenoxy) is 1. The lowest BCUT2D eigenvalue weighted by Gasteiger charge is -2.35. The molecule has 2 aliphatic rings. The average molecular weight is 459 g/mol. The maximum Gasteiger partial charge on any atom is 0.321 e. The Morgan fingerprint density at radius 3 is 2.16 bits per heavy atom. The molecule has 32 heavy (non-hydrogen) atoms. The Morgan fingerprint density at radius 2 is 1.56 bits per heavy atom. The topological polar surface area (TPSA) is 73.4 Å². The molecular weight excluding hydrogens is 428 g/mol. The molecule has 4 rings (SSSR count). The van der Waals surface area contributed by atoms with E-state index in [4.69, 9.17) is 4.74 Å². The third-order valence-corrected chi connectivity index (χ3v) is 7.86. The minimum Gasteiger partial charge on any atom is -0.378 e. The molecule has 0 saturated carbocycles. The number of carbonyl (C=O) groups excluding carboxylic acids is 1. The number of anilines is 1. The number of hydrogen-bond donors (Lipinski definition) is 0. The second-order valence-electron chi connectivity index (χ2n) is 8.36. The highest BCUT2D eigenvalue weighted by molar-refractivity contribution is 7.89. The number of rotatable bonds is 4. The molecule has 2 heterocycles. The zero-order valence-electron chi connectivity index (χ0n) is 18.8. The molecule has 2 aliphatic heterocycles. The van der Waals surface area contributed by atoms with Crippen molar-refractivity contribution in [3.63, 3.8) is 0 Å². The number of carbonyl (C=O) groups is 1. The molecule has 0 radical (unpaired) electrons. The molecule has 1 unspecified atom stereocenters. The van der Waals surface area contributed by atoms with Gasteiger partial charge in [0.2, 0.25) is 10.0 Å². The minimum atomic E-state index is -3.79. The summed E-state index contributed by atoms with van der Waals surface area (Å²) in [4.78, 5) is 19.0. The highest BCUT2D eigenvalue weighted by Gasteiger charge is 2.44. The summed E-state index contributed by atoms with van der Waals surface area (Å²) in [7, 11) is 0.112. The van der Waals surface area contributed by atoms with Gasteiger partial charge in [0.1, 0.15) is 6.17 Å². The van der Waals surface area contributed by atoms with Crippen molar-refractivity contribution in [3.05, 3.63) is 59.7 Å². The summed E-state index contributed by atoms with van der Waals surface area (Å²) >= 11 is 0. The van der Waals surface area contributed by atoms with Crippen LogP contribution in [-0.4, -0.2) is 82.0 Å². The molecule has 1 atom stereocenters. The van der Waals surface area contributed by atoms with Crippen molar-refractivity contribution in [3.8, 4) is 0 Å². The molecule has 0 spiro atoms. The van der Waals surface area contributed by atoms with Crippen LogP contribution in [-0.2, 0) is 14.8 Å². The number of morpholine rings is 1. The Labute approximate surface area is 190 Å². The van der Waals surface area contributed by atoms with E-state index < -0.39 is 16.2 Å². The number of urea groups is 1. The van der Waals surface area contributed by atoms with Crippen molar-refractivity contribution in [1.82, 2.24) is 14.1 Å². The molecule has 2 saturated heterocycles. The number of nitrogens with zero attached hydrogens (tertiary/aromatic N) is 4. The highest BCUT2D eigenvalue weighted by atomic mass is 32.2. The van der Waals surface area contributed by atoms with Gasteiger partial charge in [-0.1, -0.05) is 29.8 Å². The fraction of sp³-hybridized carbons (Fsp3) is 0.435. The van der Waals surface area contributed by atoms with Crippen molar-refractivity contribution >= 4 is 21.7 Å². The van der Waals surface area contributed by atoms with Crippen LogP contribution in [0.5, 0.6) is 0 Å². The van der Waals surface area contributed by atoms with Crippen LogP contribution in [0.1, 0.15) is 17.3 Å². The first-order chi connectivity index (χ1) is 15.3. The Bertz CT molecular complexity index is 1050. The van der Waals surface area contributed by atoms with Gasteiger partial charge >= 0.3 is 6.03 Å². The molecule has 0 N–H and O–H groups in total. The number of amides is 2. The summed E-state index contributed by atoms with van der Waals surface area (Å²) in [5, 5.41) is 0. The third-order valence-electron chi connectivity index (χ3n) is 5.99. The molecule has 2 aromatic rings. The normalized spacial score (nSPS) is 19.9. The summed E-state index contributed by atoms with van der Waals surface area (Å²) < 4.78 is 34.0. The van der Waals surface area contributed by atoms with Crippen LogP contribution in [0.25, 0.3) is 0 Å². The molecule has 2 aromatic carbocycles. The van der Waals surface area contributed by atoms with Crippen molar-refractivity contribution in [2.75, 3.05) is 58.4 Å². The van der Waals surface area contributed by atoms with Gasteiger partial charge in [0.05, 0.1) is 18.1 Å². The Kier molecular flexibility index (Phi) is 6.41. The maximum absolute atomic E-state index is 13.6. The predicted molar refractivity (Wildman–Crippen MR) is 123 cm³/mol. The summed E-state index contributed by atoms with van der Waals surface area (Å²) in [5.41, 5.74) is 2.77. The summed E-state index contributed by atoms with van der Waals surface area (Å²) in [5.74, 6) is 0. The Morgan fingerprint density at radius 1 is 0.938 bits per heavy atom. The Balaban J connectivity index is 1.71. The predicted octanol–water partition coefficient (Wildman–Crippen LogP) is 2.52. The van der Waals surface area contributed by atoms with Gasteiger partial charge in [-0.05, 0) is 36.8 Å². The van der Waals surface area contributed by atoms with Gasteiger partial charge in [-0.15, -0.1) is 0 Å². The van der Waals surface area contributed by atoms with Gasteiger partial charge in [-0.3, -0.25) is 0 Å². The zero-order chi connectivity index (χ0) is 22.9. The quantitative estimate of drug-likeness (QED) is 0.704. The maximum atomic E-state index is 13.6. The fourth-order valence-corrected chi connectivity index (χ4v) is 5.70. The fourth-order valence-electron chi connectivity index (χ4n) is 4.13. The third kappa shape index (κ3) is 4.32. The van der Waals surface area contributed by atoms with E-state index in [9.17, 15) is 13.2 Å². The summed E-state index contributed by atoms with van der Waals surface area (Å²) in [6.45, 7) is 4.50. The second-order valence-corrected chi connectivity index (χ2v) is 10.3. The van der Waals surface area contributed by atoms with Gasteiger partial charge in [0.25, 0.3) is 0 Å². The zero-order valence-corrected chi connectivity index (χ0v) is 19.6. The highest BCUT2D eigenvalue weighted by Crippen LogP contribution is 2.36. The monoisotopic (exact) mass is 458 g/mol. The second kappa shape index (κ2) is 9.09. The van der Waals surface area contributed by atoms with Crippen LogP contribution in [0.2, 0.25) is 0 Å². The lowest BCUT2D eigenvalue weighted by atomic mass is 10.1. The number of hydrogen-bond acceptors (Lipinski definition) is 5. The standard InChI is InChI=1S/C23H30N4O4S/c1-18-4-10-21(11-5-18)32(29,30)27-13-12-26(23(28)25-14-16-31-17-15-25)22(27)19-6-8-20(9-7-19)24(2)3/h4-11,22H,12-17H2,1-3H3. The van der Waals surface area contributed by atoms with Crippen molar-refractivity contribution in [1.29, 1.82) is 0 Å². The number of benzene rings is 2. The van der Waals surface area contributed by atoms with Crippen LogP contribution in [0.3, 0.4) is 0 Å². The largest absolute Gasteiger partial charge is 0.378 e. The molecule has 0 aliphatic carbocycles. The average Bonchev–Trinajstić information content (AvgIpc) is 3.25. The summed E-state index contributed by atoms with van der Waals surface area (Å²) in [6, 6.07) is 14.4. The molecule has 0 bridgehead atoms. The van der Waals surface area contributed by atoms with E-state index >= 15 is 0 Å². The first kappa shape index (κ1) is 22.6. The van der Waals surface area contributed by atoms with E-state index in [0.717, 1.165) is 16.8 Å². The van der Waals surface area contributed by atoms with E-state index in [1.807, 2.05) is 50.2 Å². The molecule has 172 valence electrons. The van der Waals surface area contributed by atoms with E-state index in [1.54, 1.807) is 34.1 Å². The van der Waals surface area contributed by atoms with E-state index in [0.29, 0.717) is 32.8 Å². The van der Waals surface area contributed by atoms with Crippen molar-refractivity contribution in [2.24, 2.45) is 0 Å². The molecule has 2 amide bonds. The molecule has 9 heteroatoms. The molecule has 2 fully saturated rings. The molecule has 8 nitrogen and oxygen atoms in total. The van der Waals surface area contributed by atoms with Gasteiger partial charge in [-0.2, -0.15) is 4.31 Å². The van der Waals surface area contributed by atoms with Crippen LogP contribution < -0.4 is 4.90 Å². The van der Waals surface area contributed by atoms with Gasteiger partial charge in [-0.25, -0.2) is 13.2 Å². The van der Waals surface area contributed by atoms with Gasteiger partial charge < -0.3 is 19.4 Å². The first-order valence-electron chi connectivity index (χ1n) is 10.8.